The highest BCUT2D eigenvalue weighted by Crippen LogP contribution is 2.32. The number of ether oxygens (including phenoxy) is 2. The molecular formula is C27H26FN3O4. The first-order valence-electron chi connectivity index (χ1n) is 11.2. The van der Waals surface area contributed by atoms with Gasteiger partial charge in [-0.05, 0) is 53.1 Å². The number of rotatable bonds is 9. The lowest BCUT2D eigenvalue weighted by atomic mass is 10.1. The Morgan fingerprint density at radius 2 is 1.71 bits per heavy atom. The van der Waals surface area contributed by atoms with Gasteiger partial charge in [-0.25, -0.2) is 9.18 Å². The molecule has 0 fully saturated rings. The predicted octanol–water partition coefficient (Wildman–Crippen LogP) is 4.32. The highest BCUT2D eigenvalue weighted by atomic mass is 19.1. The molecule has 7 nitrogen and oxygen atoms in total. The molecule has 0 radical (unpaired) electrons. The Labute approximate surface area is 203 Å². The van der Waals surface area contributed by atoms with Crippen molar-refractivity contribution >= 4 is 17.6 Å². The van der Waals surface area contributed by atoms with Crippen molar-refractivity contribution in [2.75, 3.05) is 18.2 Å². The van der Waals surface area contributed by atoms with E-state index < -0.39 is 0 Å². The van der Waals surface area contributed by atoms with E-state index in [0.717, 1.165) is 16.7 Å². The molecule has 8 heteroatoms. The summed E-state index contributed by atoms with van der Waals surface area (Å²) in [5, 5.41) is 5.68. The summed E-state index contributed by atoms with van der Waals surface area (Å²) < 4.78 is 24.0. The highest BCUT2D eigenvalue weighted by Gasteiger charge is 2.17. The highest BCUT2D eigenvalue weighted by molar-refractivity contribution is 5.92. The molecule has 3 amide bonds. The Kier molecular flexibility index (Phi) is 7.62. The quantitative estimate of drug-likeness (QED) is 0.452. The number of carbonyl (C=O) groups is 2. The average molecular weight is 476 g/mol. The molecule has 2 N–H and O–H groups in total. The average Bonchev–Trinajstić information content (AvgIpc) is 3.34. The van der Waals surface area contributed by atoms with Gasteiger partial charge in [-0.2, -0.15) is 0 Å². The molecule has 0 unspecified atom stereocenters. The molecule has 0 spiro atoms. The van der Waals surface area contributed by atoms with Crippen molar-refractivity contribution in [2.45, 2.75) is 19.5 Å². The van der Waals surface area contributed by atoms with Crippen LogP contribution in [0, 0.1) is 5.82 Å². The van der Waals surface area contributed by atoms with Gasteiger partial charge < -0.3 is 20.1 Å². The maximum Gasteiger partial charge on any atom is 0.322 e. The molecule has 3 aromatic rings. The van der Waals surface area contributed by atoms with Crippen LogP contribution < -0.4 is 25.0 Å². The first-order valence-corrected chi connectivity index (χ1v) is 11.2. The molecule has 180 valence electrons. The molecule has 1 heterocycles. The Morgan fingerprint density at radius 3 is 2.51 bits per heavy atom. The Morgan fingerprint density at radius 1 is 0.943 bits per heavy atom. The normalized spacial score (nSPS) is 11.6. The zero-order chi connectivity index (χ0) is 24.6. The van der Waals surface area contributed by atoms with Gasteiger partial charge in [0.2, 0.25) is 12.7 Å². The second-order valence-corrected chi connectivity index (χ2v) is 8.00. The van der Waals surface area contributed by atoms with Crippen LogP contribution in [0.25, 0.3) is 0 Å². The van der Waals surface area contributed by atoms with E-state index in [0.29, 0.717) is 30.3 Å². The molecular weight excluding hydrogens is 449 g/mol. The van der Waals surface area contributed by atoms with Crippen LogP contribution in [0.4, 0.5) is 14.9 Å². The van der Waals surface area contributed by atoms with Gasteiger partial charge in [0, 0.05) is 18.8 Å². The van der Waals surface area contributed by atoms with E-state index in [1.54, 1.807) is 41.3 Å². The lowest BCUT2D eigenvalue weighted by molar-refractivity contribution is -0.120. The minimum Gasteiger partial charge on any atom is -0.454 e. The second kappa shape index (κ2) is 11.2. The first kappa shape index (κ1) is 23.8. The van der Waals surface area contributed by atoms with Crippen molar-refractivity contribution < 1.29 is 23.5 Å². The van der Waals surface area contributed by atoms with Crippen molar-refractivity contribution in [3.63, 3.8) is 0 Å². The molecule has 0 aromatic heterocycles. The summed E-state index contributed by atoms with van der Waals surface area (Å²) in [6, 6.07) is 18.4. The molecule has 0 aliphatic carbocycles. The number of halogens is 1. The van der Waals surface area contributed by atoms with E-state index in [1.165, 1.54) is 12.1 Å². The van der Waals surface area contributed by atoms with E-state index in [4.69, 9.17) is 9.47 Å². The number of amides is 3. The van der Waals surface area contributed by atoms with Gasteiger partial charge in [0.25, 0.3) is 0 Å². The summed E-state index contributed by atoms with van der Waals surface area (Å²) in [6.45, 7) is 4.73. The summed E-state index contributed by atoms with van der Waals surface area (Å²) >= 11 is 0. The second-order valence-electron chi connectivity index (χ2n) is 8.00. The van der Waals surface area contributed by atoms with Crippen molar-refractivity contribution in [3.8, 4) is 11.5 Å². The number of hydrogen-bond acceptors (Lipinski definition) is 4. The number of benzene rings is 3. The van der Waals surface area contributed by atoms with E-state index in [-0.39, 0.29) is 37.5 Å². The number of carbonyl (C=O) groups excluding carboxylic acids is 2. The number of nitrogens with one attached hydrogen (secondary N) is 2. The molecule has 4 rings (SSSR count). The van der Waals surface area contributed by atoms with Gasteiger partial charge in [-0.15, -0.1) is 6.58 Å². The van der Waals surface area contributed by atoms with Gasteiger partial charge in [0.1, 0.15) is 5.82 Å². The van der Waals surface area contributed by atoms with Gasteiger partial charge in [0.05, 0.1) is 13.0 Å². The third kappa shape index (κ3) is 6.38. The zero-order valence-corrected chi connectivity index (χ0v) is 19.1. The Hall–Kier alpha value is -4.33. The van der Waals surface area contributed by atoms with E-state index in [9.17, 15) is 14.0 Å². The standard InChI is InChI=1S/C27H26FN3O4/c1-2-12-29-27(33)31(17-19-6-9-22(28)10-7-19)23-5-3-4-20(13-23)15-26(32)30-16-21-8-11-24-25(14-21)35-18-34-24/h2-11,13-14H,1,12,15-18H2,(H,29,33)(H,30,32). The summed E-state index contributed by atoms with van der Waals surface area (Å²) in [7, 11) is 0. The molecule has 1 aliphatic heterocycles. The van der Waals surface area contributed by atoms with Crippen LogP contribution >= 0.6 is 0 Å². The molecule has 1 aliphatic rings. The minimum atomic E-state index is -0.342. The Balaban J connectivity index is 1.43. The largest absolute Gasteiger partial charge is 0.454 e. The van der Waals surface area contributed by atoms with E-state index >= 15 is 0 Å². The van der Waals surface area contributed by atoms with Gasteiger partial charge >= 0.3 is 6.03 Å². The lowest BCUT2D eigenvalue weighted by Gasteiger charge is -2.24. The third-order valence-electron chi connectivity index (χ3n) is 5.41. The molecule has 0 saturated heterocycles. The van der Waals surface area contributed by atoms with Crippen LogP contribution in [0.15, 0.2) is 79.4 Å². The molecule has 3 aromatic carbocycles. The lowest BCUT2D eigenvalue weighted by Crippen LogP contribution is -2.39. The monoisotopic (exact) mass is 475 g/mol. The van der Waals surface area contributed by atoms with Crippen molar-refractivity contribution in [2.24, 2.45) is 0 Å². The Bertz CT molecular complexity index is 1210. The summed E-state index contributed by atoms with van der Waals surface area (Å²) in [5.41, 5.74) is 3.05. The maximum absolute atomic E-state index is 13.3. The van der Waals surface area contributed by atoms with Gasteiger partial charge in [-0.1, -0.05) is 36.4 Å². The maximum atomic E-state index is 13.3. The van der Waals surface area contributed by atoms with Crippen LogP contribution in [-0.2, 0) is 24.3 Å². The van der Waals surface area contributed by atoms with Gasteiger partial charge in [-0.3, -0.25) is 9.69 Å². The van der Waals surface area contributed by atoms with Crippen LogP contribution in [0.5, 0.6) is 11.5 Å². The van der Waals surface area contributed by atoms with Crippen LogP contribution in [0.1, 0.15) is 16.7 Å². The topological polar surface area (TPSA) is 79.9 Å². The van der Waals surface area contributed by atoms with E-state index in [1.807, 2.05) is 24.3 Å². The van der Waals surface area contributed by atoms with Gasteiger partial charge in [0.15, 0.2) is 11.5 Å². The number of hydrogen-bond donors (Lipinski definition) is 2. The van der Waals surface area contributed by atoms with Crippen LogP contribution in [0.2, 0.25) is 0 Å². The number of nitrogens with zero attached hydrogens (tertiary/aromatic N) is 1. The number of urea groups is 1. The molecule has 0 atom stereocenters. The third-order valence-corrected chi connectivity index (χ3v) is 5.41. The smallest absolute Gasteiger partial charge is 0.322 e. The van der Waals surface area contributed by atoms with E-state index in [2.05, 4.69) is 17.2 Å². The predicted molar refractivity (Wildman–Crippen MR) is 131 cm³/mol. The number of fused-ring (bicyclic) bond motifs is 1. The van der Waals surface area contributed by atoms with Crippen molar-refractivity contribution in [1.82, 2.24) is 10.6 Å². The van der Waals surface area contributed by atoms with Crippen molar-refractivity contribution in [1.29, 1.82) is 0 Å². The summed E-state index contributed by atoms with van der Waals surface area (Å²) in [6.07, 6.45) is 1.74. The fourth-order valence-corrected chi connectivity index (χ4v) is 3.64. The molecule has 0 bridgehead atoms. The van der Waals surface area contributed by atoms with Crippen molar-refractivity contribution in [3.05, 3.63) is 102 Å². The summed E-state index contributed by atoms with van der Waals surface area (Å²) in [4.78, 5) is 27.0. The zero-order valence-electron chi connectivity index (χ0n) is 19.1. The minimum absolute atomic E-state index is 0.150. The molecule has 0 saturated carbocycles. The number of anilines is 1. The summed E-state index contributed by atoms with van der Waals surface area (Å²) in [5.74, 6) is 0.866. The molecule has 35 heavy (non-hydrogen) atoms. The van der Waals surface area contributed by atoms with Crippen LogP contribution in [0.3, 0.4) is 0 Å². The fourth-order valence-electron chi connectivity index (χ4n) is 3.64. The SMILES string of the molecule is C=CCNC(=O)N(Cc1ccc(F)cc1)c1cccc(CC(=O)NCc2ccc3c(c2)OCO3)c1. The van der Waals surface area contributed by atoms with Crippen LogP contribution in [-0.4, -0.2) is 25.3 Å². The first-order chi connectivity index (χ1) is 17.0. The fraction of sp³-hybridized carbons (Fsp3) is 0.185.